The number of halogens is 1. The summed E-state index contributed by atoms with van der Waals surface area (Å²) in [5.41, 5.74) is 1.89. The molecule has 174 valence electrons. The molecule has 1 fully saturated rings. The maximum atomic E-state index is 13.4. The minimum Gasteiger partial charge on any atom is -0.457 e. The van der Waals surface area contributed by atoms with Crippen molar-refractivity contribution < 1.29 is 19.4 Å². The van der Waals surface area contributed by atoms with Crippen LogP contribution >= 0.6 is 22.9 Å². The van der Waals surface area contributed by atoms with Gasteiger partial charge in [-0.15, -0.1) is 0 Å². The van der Waals surface area contributed by atoms with E-state index in [0.29, 0.717) is 29.0 Å². The Labute approximate surface area is 212 Å². The van der Waals surface area contributed by atoms with Gasteiger partial charge in [0.25, 0.3) is 5.91 Å². The van der Waals surface area contributed by atoms with Gasteiger partial charge in [-0.2, -0.15) is 0 Å². The van der Waals surface area contributed by atoms with Gasteiger partial charge in [-0.05, 0) is 35.9 Å². The van der Waals surface area contributed by atoms with E-state index in [4.69, 9.17) is 4.74 Å². The molecule has 0 aliphatic carbocycles. The Morgan fingerprint density at radius 3 is 2.41 bits per heavy atom. The van der Waals surface area contributed by atoms with E-state index < -0.39 is 12.1 Å². The molecule has 2 N–H and O–H groups in total. The molecule has 2 atom stereocenters. The van der Waals surface area contributed by atoms with Crippen LogP contribution in [-0.4, -0.2) is 46.7 Å². The first-order valence-corrected chi connectivity index (χ1v) is 11.8. The minimum atomic E-state index is -0.833. The second-order valence-corrected chi connectivity index (χ2v) is 8.40. The summed E-state index contributed by atoms with van der Waals surface area (Å²) in [6, 6.07) is 24.6. The number of carbonyl (C=O) groups is 2. The fraction of sp³-hybridized carbons (Fsp3) is 0.192. The van der Waals surface area contributed by atoms with Crippen LogP contribution in [0.25, 0.3) is 0 Å². The van der Waals surface area contributed by atoms with Crippen LogP contribution in [0.3, 0.4) is 0 Å². The SMILES string of the molecule is O=C(NC[C@@H](O)c1ccccc1)[C@@H]1C/C(=N\I)CN1C(=O)c1cccc(Oc2ccccc2)c1. The number of hydrogen-bond acceptors (Lipinski definition) is 5. The van der Waals surface area contributed by atoms with Crippen molar-refractivity contribution in [1.82, 2.24) is 10.2 Å². The van der Waals surface area contributed by atoms with Crippen LogP contribution in [0.15, 0.2) is 88.1 Å². The zero-order valence-corrected chi connectivity index (χ0v) is 20.5. The van der Waals surface area contributed by atoms with Gasteiger partial charge in [0.1, 0.15) is 17.5 Å². The van der Waals surface area contributed by atoms with E-state index in [1.807, 2.05) is 71.4 Å². The number of likely N-dealkylation sites (tertiary alicyclic amines) is 1. The van der Waals surface area contributed by atoms with Crippen LogP contribution in [0.2, 0.25) is 0 Å². The second-order valence-electron chi connectivity index (χ2n) is 7.92. The highest BCUT2D eigenvalue weighted by atomic mass is 127. The summed E-state index contributed by atoms with van der Waals surface area (Å²) in [6.45, 7) is 0.323. The molecule has 0 aromatic heterocycles. The van der Waals surface area contributed by atoms with Gasteiger partial charge in [0.05, 0.1) is 35.5 Å². The standard InChI is InChI=1S/C26H24IN3O4/c27-29-20-15-23(25(32)28-16-24(31)18-8-3-1-4-9-18)30(17-20)26(33)19-10-7-13-22(14-19)34-21-11-5-2-6-12-21/h1-14,23-24,31H,15-17H2,(H,28,32)/b29-20+/t23-,24+/m0/s1. The van der Waals surface area contributed by atoms with E-state index in [1.165, 1.54) is 4.90 Å². The van der Waals surface area contributed by atoms with Gasteiger partial charge in [-0.1, -0.05) is 54.6 Å². The van der Waals surface area contributed by atoms with Gasteiger partial charge in [-0.3, -0.25) is 9.59 Å². The molecule has 0 saturated carbocycles. The number of aliphatic hydroxyl groups excluding tert-OH is 1. The van der Waals surface area contributed by atoms with Gasteiger partial charge >= 0.3 is 0 Å². The Balaban J connectivity index is 1.46. The molecule has 0 bridgehead atoms. The normalized spacial score (nSPS) is 17.4. The van der Waals surface area contributed by atoms with Gasteiger partial charge < -0.3 is 20.1 Å². The third kappa shape index (κ3) is 5.81. The lowest BCUT2D eigenvalue weighted by Crippen LogP contribution is -2.46. The van der Waals surface area contributed by atoms with E-state index in [-0.39, 0.29) is 24.9 Å². The monoisotopic (exact) mass is 569 g/mol. The summed E-state index contributed by atoms with van der Waals surface area (Å²) in [7, 11) is 0. The largest absolute Gasteiger partial charge is 0.457 e. The van der Waals surface area contributed by atoms with E-state index in [9.17, 15) is 14.7 Å². The first-order chi connectivity index (χ1) is 16.5. The van der Waals surface area contributed by atoms with Crippen molar-refractivity contribution in [3.8, 4) is 11.5 Å². The molecule has 3 aromatic carbocycles. The summed E-state index contributed by atoms with van der Waals surface area (Å²) < 4.78 is 10.1. The highest BCUT2D eigenvalue weighted by molar-refractivity contribution is 14.1. The van der Waals surface area contributed by atoms with Crippen molar-refractivity contribution in [3.05, 3.63) is 96.1 Å². The van der Waals surface area contributed by atoms with Gasteiger partial charge in [0, 0.05) is 24.2 Å². The molecule has 34 heavy (non-hydrogen) atoms. The van der Waals surface area contributed by atoms with Crippen LogP contribution in [0.4, 0.5) is 0 Å². The third-order valence-corrected chi connectivity index (χ3v) is 6.24. The second kappa shape index (κ2) is 11.3. The maximum absolute atomic E-state index is 13.4. The molecule has 2 amide bonds. The Morgan fingerprint density at radius 1 is 1.03 bits per heavy atom. The molecule has 4 rings (SSSR count). The summed E-state index contributed by atoms with van der Waals surface area (Å²) >= 11 is 1.89. The molecule has 7 nitrogen and oxygen atoms in total. The summed E-state index contributed by atoms with van der Waals surface area (Å²) in [5, 5.41) is 13.2. The molecule has 1 saturated heterocycles. The third-order valence-electron chi connectivity index (χ3n) is 5.55. The average molecular weight is 569 g/mol. The molecule has 3 aromatic rings. The molecular formula is C26H24IN3O4. The Morgan fingerprint density at radius 2 is 1.71 bits per heavy atom. The van der Waals surface area contributed by atoms with Crippen LogP contribution in [0.1, 0.15) is 28.4 Å². The first-order valence-electron chi connectivity index (χ1n) is 10.9. The summed E-state index contributed by atoms with van der Waals surface area (Å²) in [5.74, 6) is 0.597. The number of amides is 2. The zero-order valence-electron chi connectivity index (χ0n) is 18.3. The minimum absolute atomic E-state index is 0.0541. The van der Waals surface area contributed by atoms with Crippen molar-refractivity contribution in [2.45, 2.75) is 18.6 Å². The number of carbonyl (C=O) groups excluding carboxylic acids is 2. The predicted molar refractivity (Wildman–Crippen MR) is 138 cm³/mol. The number of rotatable bonds is 7. The average Bonchev–Trinajstić information content (AvgIpc) is 3.33. The fourth-order valence-electron chi connectivity index (χ4n) is 3.80. The van der Waals surface area contributed by atoms with Crippen molar-refractivity contribution in [2.24, 2.45) is 3.21 Å². The van der Waals surface area contributed by atoms with Crippen molar-refractivity contribution in [2.75, 3.05) is 13.1 Å². The Bertz CT molecular complexity index is 1170. The highest BCUT2D eigenvalue weighted by Gasteiger charge is 2.38. The first kappa shape index (κ1) is 23.9. The lowest BCUT2D eigenvalue weighted by atomic mass is 10.1. The topological polar surface area (TPSA) is 91.2 Å². The van der Waals surface area contributed by atoms with E-state index in [1.54, 1.807) is 36.4 Å². The number of nitrogens with zero attached hydrogens (tertiary/aromatic N) is 2. The number of hydrogen-bond donors (Lipinski definition) is 2. The zero-order chi connectivity index (χ0) is 23.9. The van der Waals surface area contributed by atoms with Gasteiger partial charge in [-0.25, -0.2) is 3.21 Å². The number of aliphatic hydroxyl groups is 1. The van der Waals surface area contributed by atoms with Crippen molar-refractivity contribution >= 4 is 40.4 Å². The number of benzene rings is 3. The molecule has 0 spiro atoms. The lowest BCUT2D eigenvalue weighted by Gasteiger charge is -2.24. The number of ether oxygens (including phenoxy) is 1. The lowest BCUT2D eigenvalue weighted by molar-refractivity contribution is -0.125. The predicted octanol–water partition coefficient (Wildman–Crippen LogP) is 4.33. The van der Waals surface area contributed by atoms with E-state index >= 15 is 0 Å². The molecular weight excluding hydrogens is 545 g/mol. The smallest absolute Gasteiger partial charge is 0.255 e. The molecule has 8 heteroatoms. The van der Waals surface area contributed by atoms with E-state index in [0.717, 1.165) is 5.71 Å². The maximum Gasteiger partial charge on any atom is 0.255 e. The van der Waals surface area contributed by atoms with Crippen LogP contribution < -0.4 is 10.1 Å². The quantitative estimate of drug-likeness (QED) is 0.415. The number of para-hydroxylation sites is 1. The van der Waals surface area contributed by atoms with Crippen molar-refractivity contribution in [3.63, 3.8) is 0 Å². The van der Waals surface area contributed by atoms with Crippen LogP contribution in [0.5, 0.6) is 11.5 Å². The van der Waals surface area contributed by atoms with Crippen LogP contribution in [-0.2, 0) is 4.79 Å². The summed E-state index contributed by atoms with van der Waals surface area (Å²) in [6.07, 6.45) is -0.484. The fourth-order valence-corrected chi connectivity index (χ4v) is 4.15. The molecule has 1 aliphatic rings. The van der Waals surface area contributed by atoms with Crippen LogP contribution in [0, 0.1) is 0 Å². The Hall–Kier alpha value is -3.24. The molecule has 0 unspecified atom stereocenters. The number of nitrogens with one attached hydrogen (secondary N) is 1. The van der Waals surface area contributed by atoms with Gasteiger partial charge in [0.15, 0.2) is 0 Å². The van der Waals surface area contributed by atoms with Crippen molar-refractivity contribution in [1.29, 1.82) is 0 Å². The summed E-state index contributed by atoms with van der Waals surface area (Å²) in [4.78, 5) is 27.9. The molecule has 1 aliphatic heterocycles. The molecule has 1 heterocycles. The Kier molecular flexibility index (Phi) is 7.91. The van der Waals surface area contributed by atoms with Gasteiger partial charge in [0.2, 0.25) is 5.91 Å². The van der Waals surface area contributed by atoms with E-state index in [2.05, 4.69) is 8.52 Å². The highest BCUT2D eigenvalue weighted by Crippen LogP contribution is 2.25. The molecule has 0 radical (unpaired) electrons.